The van der Waals surface area contributed by atoms with Gasteiger partial charge in [0.2, 0.25) is 0 Å². The average molecular weight is 404 g/mol. The van der Waals surface area contributed by atoms with Gasteiger partial charge in [-0.2, -0.15) is 0 Å². The molecule has 2 rings (SSSR count). The quantitative estimate of drug-likeness (QED) is 0.821. The lowest BCUT2D eigenvalue weighted by atomic mass is 10.1. The number of hydrogen-bond donors (Lipinski definition) is 1. The van der Waals surface area contributed by atoms with E-state index in [9.17, 15) is 0 Å². The Morgan fingerprint density at radius 3 is 2.40 bits per heavy atom. The molecule has 0 amide bonds. The Labute approximate surface area is 135 Å². The standard InChI is InChI=1S/C14H16Br2N2O2/c1-18(9-3-5-10(19-2)6-4-9)12(8-17)13-7-11(15)14(16)20-13/h3-7,12H,8,17H2,1-2H3. The second-order valence-electron chi connectivity index (χ2n) is 4.33. The molecule has 0 radical (unpaired) electrons. The number of benzene rings is 1. The Balaban J connectivity index is 2.25. The lowest BCUT2D eigenvalue weighted by Crippen LogP contribution is -2.30. The molecule has 0 bridgehead atoms. The largest absolute Gasteiger partial charge is 0.497 e. The van der Waals surface area contributed by atoms with Crippen molar-refractivity contribution in [1.29, 1.82) is 0 Å². The van der Waals surface area contributed by atoms with E-state index in [0.29, 0.717) is 11.2 Å². The smallest absolute Gasteiger partial charge is 0.183 e. The second kappa shape index (κ2) is 6.65. The van der Waals surface area contributed by atoms with Crippen molar-refractivity contribution in [2.75, 3.05) is 25.6 Å². The van der Waals surface area contributed by atoms with Gasteiger partial charge < -0.3 is 19.8 Å². The highest BCUT2D eigenvalue weighted by Crippen LogP contribution is 2.33. The van der Waals surface area contributed by atoms with Crippen LogP contribution in [0.4, 0.5) is 5.69 Å². The molecule has 1 atom stereocenters. The number of nitrogens with zero attached hydrogens (tertiary/aromatic N) is 1. The Morgan fingerprint density at radius 2 is 1.95 bits per heavy atom. The molecule has 0 spiro atoms. The van der Waals surface area contributed by atoms with Gasteiger partial charge in [-0.05, 0) is 62.2 Å². The summed E-state index contributed by atoms with van der Waals surface area (Å²) in [6.45, 7) is 0.453. The van der Waals surface area contributed by atoms with E-state index in [4.69, 9.17) is 14.9 Å². The first-order valence-electron chi connectivity index (χ1n) is 6.08. The van der Waals surface area contributed by atoms with Crippen molar-refractivity contribution in [1.82, 2.24) is 0 Å². The van der Waals surface area contributed by atoms with Gasteiger partial charge in [0.1, 0.15) is 11.5 Å². The molecule has 0 saturated heterocycles. The first-order valence-corrected chi connectivity index (χ1v) is 7.67. The van der Waals surface area contributed by atoms with E-state index >= 15 is 0 Å². The van der Waals surface area contributed by atoms with Crippen molar-refractivity contribution in [3.05, 3.63) is 45.2 Å². The molecule has 6 heteroatoms. The topological polar surface area (TPSA) is 51.6 Å². The minimum absolute atomic E-state index is 0.0361. The SMILES string of the molecule is COc1ccc(N(C)C(CN)c2cc(Br)c(Br)o2)cc1. The fourth-order valence-corrected chi connectivity index (χ4v) is 2.60. The number of ether oxygens (including phenoxy) is 1. The average Bonchev–Trinajstić information content (AvgIpc) is 2.79. The van der Waals surface area contributed by atoms with Crippen molar-refractivity contribution in [2.24, 2.45) is 5.73 Å². The molecule has 1 unspecified atom stereocenters. The number of methoxy groups -OCH3 is 1. The number of anilines is 1. The molecule has 0 saturated carbocycles. The lowest BCUT2D eigenvalue weighted by Gasteiger charge is -2.27. The summed E-state index contributed by atoms with van der Waals surface area (Å²) in [7, 11) is 3.64. The fraction of sp³-hybridized carbons (Fsp3) is 0.286. The van der Waals surface area contributed by atoms with Crippen LogP contribution in [0.3, 0.4) is 0 Å². The third-order valence-corrected chi connectivity index (χ3v) is 4.87. The molecule has 2 N–H and O–H groups in total. The highest BCUT2D eigenvalue weighted by atomic mass is 79.9. The molecule has 1 heterocycles. The van der Waals surface area contributed by atoms with Gasteiger partial charge in [-0.1, -0.05) is 0 Å². The molecule has 0 fully saturated rings. The minimum atomic E-state index is -0.0361. The number of hydrogen-bond acceptors (Lipinski definition) is 4. The van der Waals surface area contributed by atoms with Crippen LogP contribution < -0.4 is 15.4 Å². The summed E-state index contributed by atoms with van der Waals surface area (Å²) in [5, 5.41) is 0. The zero-order valence-electron chi connectivity index (χ0n) is 11.3. The van der Waals surface area contributed by atoms with E-state index in [1.165, 1.54) is 0 Å². The fourth-order valence-electron chi connectivity index (χ4n) is 1.99. The summed E-state index contributed by atoms with van der Waals surface area (Å²) in [4.78, 5) is 2.08. The Morgan fingerprint density at radius 1 is 1.30 bits per heavy atom. The Hall–Kier alpha value is -0.980. The molecule has 0 aliphatic heterocycles. The predicted molar refractivity (Wildman–Crippen MR) is 87.3 cm³/mol. The van der Waals surface area contributed by atoms with Crippen LogP contribution in [0.2, 0.25) is 0 Å². The van der Waals surface area contributed by atoms with Crippen molar-refractivity contribution in [3.63, 3.8) is 0 Å². The van der Waals surface area contributed by atoms with Gasteiger partial charge in [0.25, 0.3) is 0 Å². The van der Waals surface area contributed by atoms with Crippen LogP contribution in [0, 0.1) is 0 Å². The van der Waals surface area contributed by atoms with Gasteiger partial charge in [-0.25, -0.2) is 0 Å². The van der Waals surface area contributed by atoms with Crippen molar-refractivity contribution >= 4 is 37.5 Å². The maximum absolute atomic E-state index is 5.90. The molecule has 0 aliphatic carbocycles. The van der Waals surface area contributed by atoms with E-state index in [-0.39, 0.29) is 6.04 Å². The van der Waals surface area contributed by atoms with Gasteiger partial charge in [0.15, 0.2) is 4.67 Å². The van der Waals surface area contributed by atoms with Gasteiger partial charge in [-0.15, -0.1) is 0 Å². The van der Waals surface area contributed by atoms with Crippen molar-refractivity contribution < 1.29 is 9.15 Å². The second-order valence-corrected chi connectivity index (χ2v) is 5.91. The zero-order valence-corrected chi connectivity index (χ0v) is 14.4. The van der Waals surface area contributed by atoms with E-state index in [1.54, 1.807) is 7.11 Å². The van der Waals surface area contributed by atoms with E-state index in [0.717, 1.165) is 21.7 Å². The van der Waals surface area contributed by atoms with Gasteiger partial charge in [-0.3, -0.25) is 0 Å². The molecule has 1 aromatic carbocycles. The van der Waals surface area contributed by atoms with Crippen LogP contribution in [0.1, 0.15) is 11.8 Å². The minimum Gasteiger partial charge on any atom is -0.497 e. The van der Waals surface area contributed by atoms with Gasteiger partial charge in [0, 0.05) is 19.3 Å². The summed E-state index contributed by atoms with van der Waals surface area (Å²) >= 11 is 6.77. The molecular weight excluding hydrogens is 388 g/mol. The van der Waals surface area contributed by atoms with E-state index < -0.39 is 0 Å². The monoisotopic (exact) mass is 402 g/mol. The maximum atomic E-state index is 5.90. The molecule has 108 valence electrons. The van der Waals surface area contributed by atoms with Crippen molar-refractivity contribution in [3.8, 4) is 5.75 Å². The predicted octanol–water partition coefficient (Wildman–Crippen LogP) is 3.95. The number of rotatable bonds is 5. The first kappa shape index (κ1) is 15.4. The highest BCUT2D eigenvalue weighted by Gasteiger charge is 2.21. The summed E-state index contributed by atoms with van der Waals surface area (Å²) in [5.74, 6) is 1.64. The van der Waals surface area contributed by atoms with Crippen molar-refractivity contribution in [2.45, 2.75) is 6.04 Å². The van der Waals surface area contributed by atoms with Crippen LogP contribution in [0.25, 0.3) is 0 Å². The van der Waals surface area contributed by atoms with E-state index in [2.05, 4.69) is 36.8 Å². The number of halogens is 2. The van der Waals surface area contributed by atoms with Crippen LogP contribution in [0.5, 0.6) is 5.75 Å². The normalized spacial score (nSPS) is 12.2. The number of nitrogens with two attached hydrogens (primary N) is 1. The summed E-state index contributed by atoms with van der Waals surface area (Å²) in [6, 6.07) is 9.73. The third kappa shape index (κ3) is 3.19. The van der Waals surface area contributed by atoms with Crippen LogP contribution >= 0.6 is 31.9 Å². The number of furan rings is 1. The van der Waals surface area contributed by atoms with E-state index in [1.807, 2.05) is 37.4 Å². The molecule has 20 heavy (non-hydrogen) atoms. The molecule has 1 aromatic heterocycles. The summed E-state index contributed by atoms with van der Waals surface area (Å²) in [5.41, 5.74) is 6.95. The van der Waals surface area contributed by atoms with Crippen LogP contribution in [-0.2, 0) is 0 Å². The van der Waals surface area contributed by atoms with Gasteiger partial charge >= 0.3 is 0 Å². The highest BCUT2D eigenvalue weighted by molar-refractivity contribution is 9.13. The van der Waals surface area contributed by atoms with Crippen LogP contribution in [0.15, 0.2) is 43.9 Å². The van der Waals surface area contributed by atoms with Gasteiger partial charge in [0.05, 0.1) is 17.6 Å². The molecular formula is C14H16Br2N2O2. The molecule has 2 aromatic rings. The summed E-state index contributed by atoms with van der Waals surface area (Å²) in [6.07, 6.45) is 0. The van der Waals surface area contributed by atoms with Crippen LogP contribution in [-0.4, -0.2) is 20.7 Å². The Bertz CT molecular complexity index is 550. The maximum Gasteiger partial charge on any atom is 0.183 e. The number of likely N-dealkylation sites (N-methyl/N-ethyl adjacent to an activating group) is 1. The molecule has 0 aliphatic rings. The zero-order chi connectivity index (χ0) is 14.7. The third-order valence-electron chi connectivity index (χ3n) is 3.16. The molecule has 4 nitrogen and oxygen atoms in total. The summed E-state index contributed by atoms with van der Waals surface area (Å²) < 4.78 is 12.4. The lowest BCUT2D eigenvalue weighted by molar-refractivity contribution is 0.414. The Kier molecular flexibility index (Phi) is 5.12. The first-order chi connectivity index (χ1) is 9.56.